The summed E-state index contributed by atoms with van der Waals surface area (Å²) < 4.78 is 18.2. The van der Waals surface area contributed by atoms with Gasteiger partial charge in [-0.15, -0.1) is 0 Å². The topological polar surface area (TPSA) is 26.3 Å². The number of halogens is 1. The fourth-order valence-electron chi connectivity index (χ4n) is 2.16. The van der Waals surface area contributed by atoms with Gasteiger partial charge in [0.2, 0.25) is 0 Å². The SMILES string of the molecule is O=S1CCOC(c2ccccc2)=C1c1ccc(Cl)cc1. The molecule has 102 valence electrons. The molecule has 0 aliphatic carbocycles. The van der Waals surface area contributed by atoms with Crippen molar-refractivity contribution < 1.29 is 8.95 Å². The minimum atomic E-state index is -1.05. The Morgan fingerprint density at radius 3 is 2.35 bits per heavy atom. The Morgan fingerprint density at radius 1 is 0.950 bits per heavy atom. The summed E-state index contributed by atoms with van der Waals surface area (Å²) in [5.41, 5.74) is 1.84. The molecule has 0 saturated heterocycles. The second-order valence-electron chi connectivity index (χ2n) is 4.43. The molecule has 0 radical (unpaired) electrons. The summed E-state index contributed by atoms with van der Waals surface area (Å²) in [4.78, 5) is 0.749. The first-order valence-electron chi connectivity index (χ1n) is 6.32. The van der Waals surface area contributed by atoms with Crippen LogP contribution in [0.1, 0.15) is 11.1 Å². The smallest absolute Gasteiger partial charge is 0.143 e. The van der Waals surface area contributed by atoms with Gasteiger partial charge in [-0.25, -0.2) is 0 Å². The third kappa shape index (κ3) is 2.65. The summed E-state index contributed by atoms with van der Waals surface area (Å²) in [6, 6.07) is 17.1. The van der Waals surface area contributed by atoms with Gasteiger partial charge in [-0.1, -0.05) is 54.1 Å². The van der Waals surface area contributed by atoms with Crippen molar-refractivity contribution in [1.29, 1.82) is 0 Å². The molecule has 2 aromatic rings. The van der Waals surface area contributed by atoms with Crippen molar-refractivity contribution in [3.63, 3.8) is 0 Å². The normalized spacial score (nSPS) is 18.8. The minimum absolute atomic E-state index is 0.480. The molecule has 2 nitrogen and oxygen atoms in total. The van der Waals surface area contributed by atoms with Crippen molar-refractivity contribution >= 4 is 33.1 Å². The van der Waals surface area contributed by atoms with Crippen LogP contribution in [0, 0.1) is 0 Å². The largest absolute Gasteiger partial charge is 0.491 e. The van der Waals surface area contributed by atoms with E-state index >= 15 is 0 Å². The summed E-state index contributed by atoms with van der Waals surface area (Å²) in [6.45, 7) is 0.480. The van der Waals surface area contributed by atoms with E-state index in [0.717, 1.165) is 16.0 Å². The van der Waals surface area contributed by atoms with Crippen molar-refractivity contribution in [3.8, 4) is 0 Å². The first kappa shape index (κ1) is 13.4. The highest BCUT2D eigenvalue weighted by atomic mass is 35.5. The zero-order valence-corrected chi connectivity index (χ0v) is 12.3. The number of hydrogen-bond acceptors (Lipinski definition) is 2. The fourth-order valence-corrected chi connectivity index (χ4v) is 3.51. The Labute approximate surface area is 125 Å². The molecular weight excluding hydrogens is 292 g/mol. The highest BCUT2D eigenvalue weighted by Gasteiger charge is 2.23. The van der Waals surface area contributed by atoms with Gasteiger partial charge in [0.1, 0.15) is 12.4 Å². The van der Waals surface area contributed by atoms with E-state index in [2.05, 4.69) is 0 Å². The van der Waals surface area contributed by atoms with Crippen LogP contribution in [0.3, 0.4) is 0 Å². The number of rotatable bonds is 2. The average molecular weight is 305 g/mol. The molecule has 3 rings (SSSR count). The first-order chi connectivity index (χ1) is 9.75. The minimum Gasteiger partial charge on any atom is -0.491 e. The highest BCUT2D eigenvalue weighted by molar-refractivity contribution is 7.95. The Bertz CT molecular complexity index is 663. The second kappa shape index (κ2) is 5.81. The van der Waals surface area contributed by atoms with Gasteiger partial charge in [-0.3, -0.25) is 4.21 Å². The average Bonchev–Trinajstić information content (AvgIpc) is 2.49. The van der Waals surface area contributed by atoms with Crippen LogP contribution in [0.2, 0.25) is 5.02 Å². The van der Waals surface area contributed by atoms with Crippen molar-refractivity contribution in [2.45, 2.75) is 0 Å². The van der Waals surface area contributed by atoms with Crippen molar-refractivity contribution in [1.82, 2.24) is 0 Å². The van der Waals surface area contributed by atoms with Gasteiger partial charge in [0.15, 0.2) is 0 Å². The van der Waals surface area contributed by atoms with Crippen molar-refractivity contribution in [2.24, 2.45) is 0 Å². The molecule has 0 N–H and O–H groups in total. The van der Waals surface area contributed by atoms with E-state index in [1.165, 1.54) is 0 Å². The van der Waals surface area contributed by atoms with E-state index < -0.39 is 10.8 Å². The fraction of sp³-hybridized carbons (Fsp3) is 0.125. The molecule has 0 saturated carbocycles. The van der Waals surface area contributed by atoms with Crippen molar-refractivity contribution in [2.75, 3.05) is 12.4 Å². The third-order valence-electron chi connectivity index (χ3n) is 3.09. The van der Waals surface area contributed by atoms with Gasteiger partial charge < -0.3 is 4.74 Å². The molecule has 1 unspecified atom stereocenters. The molecule has 1 atom stereocenters. The highest BCUT2D eigenvalue weighted by Crippen LogP contribution is 2.33. The number of ether oxygens (including phenoxy) is 1. The molecule has 2 aromatic carbocycles. The van der Waals surface area contributed by atoms with E-state index in [0.29, 0.717) is 23.1 Å². The van der Waals surface area contributed by atoms with Gasteiger partial charge >= 0.3 is 0 Å². The third-order valence-corrected chi connectivity index (χ3v) is 4.76. The van der Waals surface area contributed by atoms with Crippen molar-refractivity contribution in [3.05, 3.63) is 70.7 Å². The van der Waals surface area contributed by atoms with E-state index in [4.69, 9.17) is 16.3 Å². The van der Waals surface area contributed by atoms with E-state index in [1.807, 2.05) is 42.5 Å². The monoisotopic (exact) mass is 304 g/mol. The molecule has 0 fully saturated rings. The van der Waals surface area contributed by atoms with Gasteiger partial charge in [-0.05, 0) is 17.7 Å². The second-order valence-corrected chi connectivity index (χ2v) is 6.37. The zero-order chi connectivity index (χ0) is 13.9. The Kier molecular flexibility index (Phi) is 3.90. The molecule has 0 aromatic heterocycles. The maximum absolute atomic E-state index is 12.4. The lowest BCUT2D eigenvalue weighted by Gasteiger charge is -2.21. The van der Waals surface area contributed by atoms with Crippen LogP contribution in [0.5, 0.6) is 0 Å². The molecule has 1 aliphatic rings. The lowest BCUT2D eigenvalue weighted by molar-refractivity contribution is 0.299. The Morgan fingerprint density at radius 2 is 1.65 bits per heavy atom. The van der Waals surface area contributed by atoms with E-state index in [9.17, 15) is 4.21 Å². The van der Waals surface area contributed by atoms with Crippen LogP contribution < -0.4 is 0 Å². The molecule has 1 heterocycles. The van der Waals surface area contributed by atoms with Crippen LogP contribution in [0.4, 0.5) is 0 Å². The molecule has 0 amide bonds. The lowest BCUT2D eigenvalue weighted by atomic mass is 10.1. The summed E-state index contributed by atoms with van der Waals surface area (Å²) in [5, 5.41) is 0.665. The van der Waals surface area contributed by atoms with E-state index in [1.54, 1.807) is 12.1 Å². The Balaban J connectivity index is 2.16. The molecule has 20 heavy (non-hydrogen) atoms. The van der Waals surface area contributed by atoms with Crippen LogP contribution in [-0.2, 0) is 15.5 Å². The lowest BCUT2D eigenvalue weighted by Crippen LogP contribution is -2.15. The van der Waals surface area contributed by atoms with Gasteiger partial charge in [-0.2, -0.15) is 0 Å². The van der Waals surface area contributed by atoms with Crippen LogP contribution in [0.25, 0.3) is 10.7 Å². The maximum Gasteiger partial charge on any atom is 0.143 e. The van der Waals surface area contributed by atoms with Crippen LogP contribution in [-0.4, -0.2) is 16.6 Å². The predicted octanol–water partition coefficient (Wildman–Crippen LogP) is 3.94. The van der Waals surface area contributed by atoms with Gasteiger partial charge in [0.25, 0.3) is 0 Å². The van der Waals surface area contributed by atoms with Crippen LogP contribution >= 0.6 is 11.6 Å². The van der Waals surface area contributed by atoms with E-state index in [-0.39, 0.29) is 0 Å². The quantitative estimate of drug-likeness (QED) is 0.840. The molecule has 1 aliphatic heterocycles. The number of hydrogen-bond donors (Lipinski definition) is 0. The Hall–Kier alpha value is -1.58. The summed E-state index contributed by atoms with van der Waals surface area (Å²) >= 11 is 5.92. The summed E-state index contributed by atoms with van der Waals surface area (Å²) in [7, 11) is -1.05. The molecule has 0 spiro atoms. The molecule has 0 bridgehead atoms. The summed E-state index contributed by atoms with van der Waals surface area (Å²) in [5.74, 6) is 1.23. The van der Waals surface area contributed by atoms with Crippen LogP contribution in [0.15, 0.2) is 54.6 Å². The maximum atomic E-state index is 12.4. The predicted molar refractivity (Wildman–Crippen MR) is 83.7 cm³/mol. The first-order valence-corrected chi connectivity index (χ1v) is 8.02. The molecular formula is C16H13ClO2S. The summed E-state index contributed by atoms with van der Waals surface area (Å²) in [6.07, 6.45) is 0. The zero-order valence-electron chi connectivity index (χ0n) is 10.7. The standard InChI is InChI=1S/C16H13ClO2S/c17-14-8-6-13(7-9-14)16-15(19-10-11-20(16)18)12-4-2-1-3-5-12/h1-9H,10-11H2. The molecule has 4 heteroatoms. The van der Waals surface area contributed by atoms with Gasteiger partial charge in [0, 0.05) is 10.6 Å². The van der Waals surface area contributed by atoms with Gasteiger partial charge in [0.05, 0.1) is 21.5 Å². The number of benzene rings is 2.